The molecule has 2 N–H and O–H groups in total. The van der Waals surface area contributed by atoms with E-state index < -0.39 is 23.6 Å². The topological polar surface area (TPSA) is 72.9 Å². The molecule has 2 heterocycles. The molecule has 2 atom stereocenters. The SMILES string of the molecule is O=C(O)C1CCN(C(=O)NC2CCN(Cc3ccc(C(F)(F)F)cc3)C2)C1. The van der Waals surface area contributed by atoms with Crippen molar-refractivity contribution in [2.75, 3.05) is 26.2 Å². The second-order valence-corrected chi connectivity index (χ2v) is 7.13. The van der Waals surface area contributed by atoms with Gasteiger partial charge in [0.25, 0.3) is 0 Å². The minimum Gasteiger partial charge on any atom is -0.481 e. The van der Waals surface area contributed by atoms with E-state index in [1.165, 1.54) is 17.0 Å². The molecule has 2 unspecified atom stereocenters. The summed E-state index contributed by atoms with van der Waals surface area (Å²) in [6.45, 7) is 2.54. The van der Waals surface area contributed by atoms with Crippen molar-refractivity contribution < 1.29 is 27.9 Å². The number of aliphatic carboxylic acids is 1. The van der Waals surface area contributed by atoms with Crippen molar-refractivity contribution in [1.29, 1.82) is 0 Å². The van der Waals surface area contributed by atoms with Crippen LogP contribution in [-0.2, 0) is 17.5 Å². The maximum Gasteiger partial charge on any atom is 0.416 e. The highest BCUT2D eigenvalue weighted by atomic mass is 19.4. The summed E-state index contributed by atoms with van der Waals surface area (Å²) in [6.07, 6.45) is -3.12. The predicted octanol–water partition coefficient (Wildman–Crippen LogP) is 2.40. The number of carbonyl (C=O) groups is 2. The minimum absolute atomic E-state index is 0.0455. The molecule has 0 aliphatic carbocycles. The van der Waals surface area contributed by atoms with Gasteiger partial charge >= 0.3 is 18.2 Å². The number of amides is 2. The third-order valence-corrected chi connectivity index (χ3v) is 5.11. The van der Waals surface area contributed by atoms with Crippen molar-refractivity contribution in [3.05, 3.63) is 35.4 Å². The van der Waals surface area contributed by atoms with Crippen LogP contribution in [0.3, 0.4) is 0 Å². The van der Waals surface area contributed by atoms with Crippen LogP contribution < -0.4 is 5.32 Å². The second kappa shape index (κ2) is 7.75. The number of alkyl halides is 3. The van der Waals surface area contributed by atoms with Gasteiger partial charge in [0, 0.05) is 38.8 Å². The summed E-state index contributed by atoms with van der Waals surface area (Å²) in [5, 5.41) is 11.9. The first-order chi connectivity index (χ1) is 12.7. The lowest BCUT2D eigenvalue weighted by Gasteiger charge is -2.21. The molecule has 2 saturated heterocycles. The van der Waals surface area contributed by atoms with E-state index in [1.54, 1.807) is 0 Å². The minimum atomic E-state index is -4.34. The van der Waals surface area contributed by atoms with Gasteiger partial charge in [0.2, 0.25) is 0 Å². The zero-order valence-corrected chi connectivity index (χ0v) is 14.7. The van der Waals surface area contributed by atoms with Gasteiger partial charge in [0.05, 0.1) is 11.5 Å². The smallest absolute Gasteiger partial charge is 0.416 e. The van der Waals surface area contributed by atoms with Crippen LogP contribution >= 0.6 is 0 Å². The molecular formula is C18H22F3N3O3. The Morgan fingerprint density at radius 2 is 1.81 bits per heavy atom. The number of nitrogens with one attached hydrogen (secondary N) is 1. The Kier molecular flexibility index (Phi) is 5.59. The highest BCUT2D eigenvalue weighted by Crippen LogP contribution is 2.29. The summed E-state index contributed by atoms with van der Waals surface area (Å²) in [4.78, 5) is 26.8. The lowest BCUT2D eigenvalue weighted by Crippen LogP contribution is -2.45. The third-order valence-electron chi connectivity index (χ3n) is 5.11. The van der Waals surface area contributed by atoms with E-state index in [9.17, 15) is 22.8 Å². The van der Waals surface area contributed by atoms with E-state index in [4.69, 9.17) is 5.11 Å². The molecule has 1 aromatic carbocycles. The quantitative estimate of drug-likeness (QED) is 0.835. The first-order valence-electron chi connectivity index (χ1n) is 8.89. The molecule has 2 aliphatic rings. The van der Waals surface area contributed by atoms with Gasteiger partial charge in [-0.2, -0.15) is 13.2 Å². The Labute approximate surface area is 154 Å². The molecule has 0 aromatic heterocycles. The number of benzene rings is 1. The predicted molar refractivity (Wildman–Crippen MR) is 91.0 cm³/mol. The molecule has 2 aliphatic heterocycles. The van der Waals surface area contributed by atoms with Gasteiger partial charge in [0.1, 0.15) is 0 Å². The Morgan fingerprint density at radius 3 is 2.41 bits per heavy atom. The number of hydrogen-bond donors (Lipinski definition) is 2. The molecule has 6 nitrogen and oxygen atoms in total. The molecule has 0 radical (unpaired) electrons. The van der Waals surface area contributed by atoms with Crippen LogP contribution in [0.15, 0.2) is 24.3 Å². The van der Waals surface area contributed by atoms with Crippen molar-refractivity contribution in [2.45, 2.75) is 31.6 Å². The molecule has 27 heavy (non-hydrogen) atoms. The maximum absolute atomic E-state index is 12.6. The van der Waals surface area contributed by atoms with Crippen LogP contribution in [-0.4, -0.2) is 59.1 Å². The molecular weight excluding hydrogens is 363 g/mol. The van der Waals surface area contributed by atoms with Crippen LogP contribution in [0.25, 0.3) is 0 Å². The van der Waals surface area contributed by atoms with E-state index in [-0.39, 0.29) is 18.6 Å². The van der Waals surface area contributed by atoms with Crippen LogP contribution in [0.1, 0.15) is 24.0 Å². The number of rotatable bonds is 4. The average molecular weight is 385 g/mol. The van der Waals surface area contributed by atoms with Gasteiger partial charge in [-0.25, -0.2) is 4.79 Å². The number of nitrogens with zero attached hydrogens (tertiary/aromatic N) is 2. The zero-order valence-electron chi connectivity index (χ0n) is 14.7. The molecule has 2 fully saturated rings. The Balaban J connectivity index is 1.46. The summed E-state index contributed by atoms with van der Waals surface area (Å²) < 4.78 is 37.8. The fourth-order valence-corrected chi connectivity index (χ4v) is 3.56. The van der Waals surface area contributed by atoms with Crippen molar-refractivity contribution >= 4 is 12.0 Å². The molecule has 1 aromatic rings. The fraction of sp³-hybridized carbons (Fsp3) is 0.556. The average Bonchev–Trinajstić information content (AvgIpc) is 3.24. The summed E-state index contributed by atoms with van der Waals surface area (Å²) in [6, 6.07) is 4.82. The van der Waals surface area contributed by atoms with Gasteiger partial charge in [-0.3, -0.25) is 9.69 Å². The molecule has 2 amide bonds. The van der Waals surface area contributed by atoms with E-state index in [0.717, 1.165) is 30.7 Å². The number of carboxylic acids is 1. The molecule has 148 valence electrons. The van der Waals surface area contributed by atoms with Crippen LogP contribution in [0, 0.1) is 5.92 Å². The lowest BCUT2D eigenvalue weighted by atomic mass is 10.1. The number of halogens is 3. The molecule has 9 heteroatoms. The number of likely N-dealkylation sites (tertiary alicyclic amines) is 2. The van der Waals surface area contributed by atoms with E-state index in [1.807, 2.05) is 0 Å². The highest BCUT2D eigenvalue weighted by Gasteiger charge is 2.33. The van der Waals surface area contributed by atoms with E-state index in [2.05, 4.69) is 10.2 Å². The second-order valence-electron chi connectivity index (χ2n) is 7.13. The lowest BCUT2D eigenvalue weighted by molar-refractivity contribution is -0.141. The maximum atomic E-state index is 12.6. The normalized spacial score (nSPS) is 23.6. The fourth-order valence-electron chi connectivity index (χ4n) is 3.56. The summed E-state index contributed by atoms with van der Waals surface area (Å²) in [7, 11) is 0. The summed E-state index contributed by atoms with van der Waals surface area (Å²) >= 11 is 0. The molecule has 0 bridgehead atoms. The number of carbonyl (C=O) groups excluding carboxylic acids is 1. The molecule has 0 spiro atoms. The van der Waals surface area contributed by atoms with Gasteiger partial charge in [0.15, 0.2) is 0 Å². The standard InChI is InChI=1S/C18H22F3N3O3/c19-18(20,21)14-3-1-12(2-4-14)9-23-7-6-15(11-23)22-17(27)24-8-5-13(10-24)16(25)26/h1-4,13,15H,5-11H2,(H,22,27)(H,25,26). The van der Waals surface area contributed by atoms with Crippen LogP contribution in [0.2, 0.25) is 0 Å². The number of hydrogen-bond acceptors (Lipinski definition) is 3. The van der Waals surface area contributed by atoms with Crippen molar-refractivity contribution in [1.82, 2.24) is 15.1 Å². The first kappa shape index (κ1) is 19.5. The Hall–Kier alpha value is -2.29. The largest absolute Gasteiger partial charge is 0.481 e. The molecule has 0 saturated carbocycles. The molecule has 3 rings (SSSR count). The van der Waals surface area contributed by atoms with Crippen molar-refractivity contribution in [3.8, 4) is 0 Å². The van der Waals surface area contributed by atoms with Gasteiger partial charge in [-0.1, -0.05) is 12.1 Å². The third kappa shape index (κ3) is 4.91. The van der Waals surface area contributed by atoms with Crippen molar-refractivity contribution in [2.24, 2.45) is 5.92 Å². The number of urea groups is 1. The van der Waals surface area contributed by atoms with E-state index >= 15 is 0 Å². The highest BCUT2D eigenvalue weighted by molar-refractivity contribution is 5.77. The van der Waals surface area contributed by atoms with E-state index in [0.29, 0.717) is 26.1 Å². The van der Waals surface area contributed by atoms with Gasteiger partial charge in [-0.05, 0) is 30.5 Å². The first-order valence-corrected chi connectivity index (χ1v) is 8.89. The summed E-state index contributed by atoms with van der Waals surface area (Å²) in [5.74, 6) is -1.38. The zero-order chi connectivity index (χ0) is 19.6. The summed E-state index contributed by atoms with van der Waals surface area (Å²) in [5.41, 5.74) is 0.127. The number of carboxylic acid groups (broad SMARTS) is 1. The van der Waals surface area contributed by atoms with Crippen LogP contribution in [0.5, 0.6) is 0 Å². The van der Waals surface area contributed by atoms with Gasteiger partial charge < -0.3 is 15.3 Å². The van der Waals surface area contributed by atoms with Crippen molar-refractivity contribution in [3.63, 3.8) is 0 Å². The van der Waals surface area contributed by atoms with Crippen LogP contribution in [0.4, 0.5) is 18.0 Å². The van der Waals surface area contributed by atoms with Gasteiger partial charge in [-0.15, -0.1) is 0 Å². The Morgan fingerprint density at radius 1 is 1.11 bits per heavy atom. The monoisotopic (exact) mass is 385 g/mol. The Bertz CT molecular complexity index is 693.